The minimum Gasteiger partial charge on any atom is -0.496 e. The standard InChI is InChI=1S/C20H22ClN3O3S/c1-12-6-7-24(23-12)14(3)17-9-18(21)13(2)19(20(17)27-4)15-8-16(11-22-10-15)28(5,25)26/h6-11,14H,1-5H3. The molecule has 0 bridgehead atoms. The molecule has 0 aliphatic carbocycles. The average molecular weight is 420 g/mol. The molecular formula is C20H22ClN3O3S. The van der Waals surface area contributed by atoms with Crippen LogP contribution >= 0.6 is 11.6 Å². The van der Waals surface area contributed by atoms with Crippen molar-refractivity contribution in [2.75, 3.05) is 13.4 Å². The fourth-order valence-corrected chi connectivity index (χ4v) is 3.98. The van der Waals surface area contributed by atoms with Gasteiger partial charge in [-0.2, -0.15) is 5.10 Å². The SMILES string of the molecule is COc1c(C(C)n2ccc(C)n2)cc(Cl)c(C)c1-c1cncc(S(C)(=O)=O)c1. The van der Waals surface area contributed by atoms with Crippen molar-refractivity contribution in [3.8, 4) is 16.9 Å². The summed E-state index contributed by atoms with van der Waals surface area (Å²) >= 11 is 6.54. The van der Waals surface area contributed by atoms with Gasteiger partial charge in [-0.15, -0.1) is 0 Å². The lowest BCUT2D eigenvalue weighted by atomic mass is 9.94. The molecule has 28 heavy (non-hydrogen) atoms. The number of rotatable bonds is 5. The Balaban J connectivity index is 2.26. The molecule has 6 nitrogen and oxygen atoms in total. The molecule has 0 saturated heterocycles. The number of aryl methyl sites for hydroxylation is 1. The molecule has 0 aliphatic rings. The fraction of sp³-hybridized carbons (Fsp3) is 0.300. The Kier molecular flexibility index (Phi) is 5.50. The second-order valence-corrected chi connectivity index (χ2v) is 9.20. The minimum absolute atomic E-state index is 0.133. The van der Waals surface area contributed by atoms with Gasteiger partial charge >= 0.3 is 0 Å². The fourth-order valence-electron chi connectivity index (χ4n) is 3.17. The summed E-state index contributed by atoms with van der Waals surface area (Å²) in [6.07, 6.45) is 6.01. The Hall–Kier alpha value is -2.38. The highest BCUT2D eigenvalue weighted by Gasteiger charge is 2.23. The van der Waals surface area contributed by atoms with Crippen LogP contribution in [-0.4, -0.2) is 36.5 Å². The van der Waals surface area contributed by atoms with Gasteiger partial charge in [0.2, 0.25) is 0 Å². The number of sulfone groups is 1. The topological polar surface area (TPSA) is 74.1 Å². The molecule has 1 aromatic carbocycles. The van der Waals surface area contributed by atoms with Gasteiger partial charge < -0.3 is 4.74 Å². The maximum absolute atomic E-state index is 12.0. The molecule has 0 amide bonds. The van der Waals surface area contributed by atoms with Crippen LogP contribution < -0.4 is 4.74 Å². The Morgan fingerprint density at radius 3 is 2.50 bits per heavy atom. The summed E-state index contributed by atoms with van der Waals surface area (Å²) in [6, 6.07) is 5.26. The molecule has 1 atom stereocenters. The first-order valence-corrected chi connectivity index (χ1v) is 10.9. The van der Waals surface area contributed by atoms with Gasteiger partial charge in [0, 0.05) is 46.6 Å². The lowest BCUT2D eigenvalue weighted by Gasteiger charge is -2.22. The van der Waals surface area contributed by atoms with Crippen molar-refractivity contribution in [1.29, 1.82) is 0 Å². The molecule has 8 heteroatoms. The van der Waals surface area contributed by atoms with Gasteiger partial charge in [-0.25, -0.2) is 8.42 Å². The molecule has 0 radical (unpaired) electrons. The van der Waals surface area contributed by atoms with Crippen molar-refractivity contribution in [3.05, 3.63) is 58.6 Å². The van der Waals surface area contributed by atoms with Gasteiger partial charge in [0.25, 0.3) is 0 Å². The number of hydrogen-bond donors (Lipinski definition) is 0. The molecule has 2 aromatic heterocycles. The maximum atomic E-state index is 12.0. The Bertz CT molecular complexity index is 1140. The van der Waals surface area contributed by atoms with Gasteiger partial charge in [-0.1, -0.05) is 11.6 Å². The minimum atomic E-state index is -3.39. The molecule has 148 valence electrons. The van der Waals surface area contributed by atoms with Crippen molar-refractivity contribution < 1.29 is 13.2 Å². The highest BCUT2D eigenvalue weighted by Crippen LogP contribution is 2.43. The monoisotopic (exact) mass is 419 g/mol. The van der Waals surface area contributed by atoms with E-state index in [1.807, 2.05) is 43.8 Å². The number of benzene rings is 1. The largest absolute Gasteiger partial charge is 0.496 e. The summed E-state index contributed by atoms with van der Waals surface area (Å²) < 4.78 is 31.6. The quantitative estimate of drug-likeness (QED) is 0.618. The van der Waals surface area contributed by atoms with Crippen LogP contribution in [0.1, 0.15) is 29.8 Å². The highest BCUT2D eigenvalue weighted by atomic mass is 35.5. The lowest BCUT2D eigenvalue weighted by molar-refractivity contribution is 0.402. The molecule has 0 N–H and O–H groups in total. The van der Waals surface area contributed by atoms with E-state index in [0.29, 0.717) is 16.3 Å². The van der Waals surface area contributed by atoms with Gasteiger partial charge in [0.1, 0.15) is 5.75 Å². The molecule has 0 fully saturated rings. The van der Waals surface area contributed by atoms with E-state index >= 15 is 0 Å². The molecule has 0 saturated carbocycles. The summed E-state index contributed by atoms with van der Waals surface area (Å²) in [5.74, 6) is 0.620. The van der Waals surface area contributed by atoms with Crippen LogP contribution in [0.5, 0.6) is 5.75 Å². The van der Waals surface area contributed by atoms with Crippen LogP contribution in [0.4, 0.5) is 0 Å². The molecule has 3 rings (SSSR count). The summed E-state index contributed by atoms with van der Waals surface area (Å²) in [6.45, 7) is 5.81. The summed E-state index contributed by atoms with van der Waals surface area (Å²) in [5.41, 5.74) is 3.90. The van der Waals surface area contributed by atoms with Crippen LogP contribution in [0.15, 0.2) is 41.7 Å². The van der Waals surface area contributed by atoms with Crippen molar-refractivity contribution >= 4 is 21.4 Å². The van der Waals surface area contributed by atoms with E-state index < -0.39 is 9.84 Å². The third kappa shape index (κ3) is 3.77. The number of hydrogen-bond acceptors (Lipinski definition) is 5. The zero-order valence-electron chi connectivity index (χ0n) is 16.4. The van der Waals surface area contributed by atoms with Crippen molar-refractivity contribution in [2.24, 2.45) is 0 Å². The first kappa shape index (κ1) is 20.4. The number of ether oxygens (including phenoxy) is 1. The van der Waals surface area contributed by atoms with Gasteiger partial charge in [0.05, 0.1) is 23.7 Å². The van der Waals surface area contributed by atoms with E-state index in [-0.39, 0.29) is 10.9 Å². The van der Waals surface area contributed by atoms with E-state index in [1.54, 1.807) is 19.4 Å². The molecule has 0 spiro atoms. The Labute approximate surface area is 170 Å². The zero-order chi connectivity index (χ0) is 20.6. The van der Waals surface area contributed by atoms with Crippen LogP contribution in [-0.2, 0) is 9.84 Å². The van der Waals surface area contributed by atoms with E-state index in [1.165, 1.54) is 6.20 Å². The second-order valence-electron chi connectivity index (χ2n) is 6.78. The molecule has 2 heterocycles. The molecule has 0 aliphatic heterocycles. The summed E-state index contributed by atoms with van der Waals surface area (Å²) in [7, 11) is -1.81. The number of halogens is 1. The second kappa shape index (κ2) is 7.56. The highest BCUT2D eigenvalue weighted by molar-refractivity contribution is 7.90. The average Bonchev–Trinajstić information content (AvgIpc) is 3.08. The maximum Gasteiger partial charge on any atom is 0.177 e. The molecule has 1 unspecified atom stereocenters. The number of methoxy groups -OCH3 is 1. The smallest absolute Gasteiger partial charge is 0.177 e. The third-order valence-electron chi connectivity index (χ3n) is 4.73. The predicted octanol–water partition coefficient (Wildman–Crippen LogP) is 4.24. The zero-order valence-corrected chi connectivity index (χ0v) is 18.0. The normalized spacial score (nSPS) is 12.8. The number of aromatic nitrogens is 3. The number of pyridine rings is 1. The summed E-state index contributed by atoms with van der Waals surface area (Å²) in [4.78, 5) is 4.26. The van der Waals surface area contributed by atoms with Crippen LogP contribution in [0.3, 0.4) is 0 Å². The van der Waals surface area contributed by atoms with E-state index in [9.17, 15) is 8.42 Å². The van der Waals surface area contributed by atoms with Crippen molar-refractivity contribution in [1.82, 2.24) is 14.8 Å². The van der Waals surface area contributed by atoms with Crippen molar-refractivity contribution in [3.63, 3.8) is 0 Å². The first-order chi connectivity index (χ1) is 13.1. The Morgan fingerprint density at radius 1 is 1.21 bits per heavy atom. The number of nitrogens with zero attached hydrogens (tertiary/aromatic N) is 3. The Morgan fingerprint density at radius 2 is 1.93 bits per heavy atom. The molecular weight excluding hydrogens is 398 g/mol. The predicted molar refractivity (Wildman–Crippen MR) is 110 cm³/mol. The third-order valence-corrected chi connectivity index (χ3v) is 6.20. The summed E-state index contributed by atoms with van der Waals surface area (Å²) in [5, 5.41) is 5.05. The van der Waals surface area contributed by atoms with E-state index in [0.717, 1.165) is 28.6 Å². The first-order valence-electron chi connectivity index (χ1n) is 8.67. The van der Waals surface area contributed by atoms with Crippen LogP contribution in [0.25, 0.3) is 11.1 Å². The van der Waals surface area contributed by atoms with E-state index in [2.05, 4.69) is 10.1 Å². The molecule has 3 aromatic rings. The van der Waals surface area contributed by atoms with Crippen LogP contribution in [0, 0.1) is 13.8 Å². The van der Waals surface area contributed by atoms with E-state index in [4.69, 9.17) is 16.3 Å². The van der Waals surface area contributed by atoms with Gasteiger partial charge in [-0.3, -0.25) is 9.67 Å². The van der Waals surface area contributed by atoms with Crippen LogP contribution in [0.2, 0.25) is 5.02 Å². The van der Waals surface area contributed by atoms with Crippen molar-refractivity contribution in [2.45, 2.75) is 31.7 Å². The van der Waals surface area contributed by atoms with Gasteiger partial charge in [0.15, 0.2) is 9.84 Å². The lowest BCUT2D eigenvalue weighted by Crippen LogP contribution is -2.10. The van der Waals surface area contributed by atoms with Gasteiger partial charge in [-0.05, 0) is 44.5 Å².